The lowest BCUT2D eigenvalue weighted by Gasteiger charge is -2.08. The number of methoxy groups -OCH3 is 1. The Balaban J connectivity index is 2.64. The van der Waals surface area contributed by atoms with Crippen molar-refractivity contribution in [3.8, 4) is 22.8 Å². The third-order valence-corrected chi connectivity index (χ3v) is 2.35. The van der Waals surface area contributed by atoms with Crippen LogP contribution in [0.3, 0.4) is 0 Å². The van der Waals surface area contributed by atoms with E-state index >= 15 is 0 Å². The van der Waals surface area contributed by atoms with E-state index in [2.05, 4.69) is 5.16 Å². The van der Waals surface area contributed by atoms with Crippen LogP contribution in [0.5, 0.6) is 11.5 Å². The number of aromatic carboxylic acids is 1. The van der Waals surface area contributed by atoms with E-state index in [9.17, 15) is 9.90 Å². The van der Waals surface area contributed by atoms with Crippen molar-refractivity contribution in [1.29, 1.82) is 0 Å². The maximum Gasteiger partial charge on any atom is 0.339 e. The van der Waals surface area contributed by atoms with Crippen LogP contribution in [0.4, 0.5) is 5.88 Å². The van der Waals surface area contributed by atoms with Gasteiger partial charge in [-0.15, -0.1) is 0 Å². The van der Waals surface area contributed by atoms with Gasteiger partial charge in [0.1, 0.15) is 22.8 Å². The molecule has 7 heteroatoms. The predicted octanol–water partition coefficient (Wildman–Crippen LogP) is 1.34. The van der Waals surface area contributed by atoms with Gasteiger partial charge in [-0.1, -0.05) is 5.16 Å². The molecule has 0 aliphatic carbocycles. The third-order valence-electron chi connectivity index (χ3n) is 2.35. The van der Waals surface area contributed by atoms with Gasteiger partial charge in [0.2, 0.25) is 5.88 Å². The number of benzene rings is 1. The summed E-state index contributed by atoms with van der Waals surface area (Å²) in [5.74, 6) is -1.28. The fourth-order valence-corrected chi connectivity index (χ4v) is 1.53. The number of nitrogen functional groups attached to an aromatic ring is 1. The molecule has 0 aliphatic heterocycles. The predicted molar refractivity (Wildman–Crippen MR) is 61.5 cm³/mol. The maximum atomic E-state index is 10.9. The van der Waals surface area contributed by atoms with Gasteiger partial charge < -0.3 is 25.2 Å². The van der Waals surface area contributed by atoms with E-state index in [1.807, 2.05) is 0 Å². The van der Waals surface area contributed by atoms with Gasteiger partial charge in [-0.2, -0.15) is 0 Å². The summed E-state index contributed by atoms with van der Waals surface area (Å²) in [6.07, 6.45) is 0. The summed E-state index contributed by atoms with van der Waals surface area (Å²) >= 11 is 0. The average molecular weight is 250 g/mol. The summed E-state index contributed by atoms with van der Waals surface area (Å²) in [7, 11) is 1.39. The lowest BCUT2D eigenvalue weighted by molar-refractivity contribution is 0.0693. The zero-order valence-corrected chi connectivity index (χ0v) is 9.38. The number of carbonyl (C=O) groups is 1. The molecule has 7 nitrogen and oxygen atoms in total. The van der Waals surface area contributed by atoms with Gasteiger partial charge >= 0.3 is 5.97 Å². The van der Waals surface area contributed by atoms with Crippen molar-refractivity contribution < 1.29 is 24.3 Å². The Morgan fingerprint density at radius 2 is 2.17 bits per heavy atom. The number of phenols is 1. The first-order valence-electron chi connectivity index (χ1n) is 4.89. The number of nitrogens with two attached hydrogens (primary N) is 1. The molecular formula is C11H10N2O5. The molecule has 94 valence electrons. The lowest BCUT2D eigenvalue weighted by Crippen LogP contribution is -1.99. The highest BCUT2D eigenvalue weighted by atomic mass is 16.5. The highest BCUT2D eigenvalue weighted by Gasteiger charge is 2.18. The number of aromatic nitrogens is 1. The summed E-state index contributed by atoms with van der Waals surface area (Å²) in [4.78, 5) is 10.9. The summed E-state index contributed by atoms with van der Waals surface area (Å²) in [5.41, 5.74) is 5.84. The molecule has 0 atom stereocenters. The van der Waals surface area contributed by atoms with Crippen LogP contribution in [0.25, 0.3) is 11.3 Å². The van der Waals surface area contributed by atoms with Gasteiger partial charge in [-0.25, -0.2) is 4.79 Å². The normalized spacial score (nSPS) is 10.3. The maximum absolute atomic E-state index is 10.9. The molecule has 0 amide bonds. The standard InChI is InChI=1S/C11H10N2O5/c1-17-9-4-8(14)6(11(15)16)2-5(9)7-3-10(12)18-13-7/h2-4,14H,12H2,1H3,(H,15,16). The molecule has 18 heavy (non-hydrogen) atoms. The Hall–Kier alpha value is -2.70. The van der Waals surface area contributed by atoms with E-state index in [-0.39, 0.29) is 22.9 Å². The molecule has 1 heterocycles. The first-order chi connectivity index (χ1) is 8.52. The van der Waals surface area contributed by atoms with Crippen molar-refractivity contribution in [3.63, 3.8) is 0 Å². The average Bonchev–Trinajstić information content (AvgIpc) is 2.74. The third kappa shape index (κ3) is 1.93. The second-order valence-electron chi connectivity index (χ2n) is 3.49. The molecule has 2 rings (SSSR count). The van der Waals surface area contributed by atoms with Gasteiger partial charge in [0.15, 0.2) is 0 Å². The zero-order chi connectivity index (χ0) is 13.3. The number of carboxylic acid groups (broad SMARTS) is 1. The summed E-state index contributed by atoms with van der Waals surface area (Å²) in [6, 6.07) is 3.87. The number of carboxylic acids is 1. The monoisotopic (exact) mass is 250 g/mol. The number of ether oxygens (including phenoxy) is 1. The minimum Gasteiger partial charge on any atom is -0.507 e. The van der Waals surface area contributed by atoms with E-state index in [1.54, 1.807) is 0 Å². The number of hydrogen-bond acceptors (Lipinski definition) is 6. The van der Waals surface area contributed by atoms with E-state index in [0.29, 0.717) is 11.3 Å². The molecule has 0 spiro atoms. The summed E-state index contributed by atoms with van der Waals surface area (Å²) < 4.78 is 9.76. The largest absolute Gasteiger partial charge is 0.507 e. The van der Waals surface area contributed by atoms with Crippen LogP contribution < -0.4 is 10.5 Å². The van der Waals surface area contributed by atoms with Crippen molar-refractivity contribution in [3.05, 3.63) is 23.8 Å². The second kappa shape index (κ2) is 4.28. The molecule has 1 aromatic heterocycles. The van der Waals surface area contributed by atoms with Gasteiger partial charge in [-0.05, 0) is 6.07 Å². The van der Waals surface area contributed by atoms with Crippen molar-refractivity contribution in [2.75, 3.05) is 12.8 Å². The number of rotatable bonds is 3. The number of nitrogens with zero attached hydrogens (tertiary/aromatic N) is 1. The Labute approximate surface area is 101 Å². The second-order valence-corrected chi connectivity index (χ2v) is 3.49. The molecule has 0 saturated heterocycles. The number of anilines is 1. The van der Waals surface area contributed by atoms with Gasteiger partial charge in [0.25, 0.3) is 0 Å². The van der Waals surface area contributed by atoms with Crippen LogP contribution in [0.1, 0.15) is 10.4 Å². The Morgan fingerprint density at radius 3 is 2.67 bits per heavy atom. The topological polar surface area (TPSA) is 119 Å². The smallest absolute Gasteiger partial charge is 0.339 e. The van der Waals surface area contributed by atoms with Crippen molar-refractivity contribution in [2.45, 2.75) is 0 Å². The SMILES string of the molecule is COc1cc(O)c(C(=O)O)cc1-c1cc(N)on1. The van der Waals surface area contributed by atoms with Gasteiger partial charge in [0, 0.05) is 17.7 Å². The molecule has 0 fully saturated rings. The fourth-order valence-electron chi connectivity index (χ4n) is 1.53. The van der Waals surface area contributed by atoms with Gasteiger partial charge in [0.05, 0.1) is 7.11 Å². The van der Waals surface area contributed by atoms with Crippen LogP contribution in [-0.2, 0) is 0 Å². The molecule has 0 saturated carbocycles. The van der Waals surface area contributed by atoms with Crippen molar-refractivity contribution >= 4 is 11.9 Å². The van der Waals surface area contributed by atoms with E-state index < -0.39 is 5.97 Å². The van der Waals surface area contributed by atoms with Crippen LogP contribution >= 0.6 is 0 Å². The lowest BCUT2D eigenvalue weighted by atomic mass is 10.1. The Kier molecular flexibility index (Phi) is 2.80. The van der Waals surface area contributed by atoms with E-state index in [0.717, 1.165) is 0 Å². The van der Waals surface area contributed by atoms with Gasteiger partial charge in [-0.3, -0.25) is 0 Å². The Morgan fingerprint density at radius 1 is 1.44 bits per heavy atom. The van der Waals surface area contributed by atoms with Crippen LogP contribution in [0.2, 0.25) is 0 Å². The van der Waals surface area contributed by atoms with Crippen LogP contribution in [0.15, 0.2) is 22.7 Å². The van der Waals surface area contributed by atoms with E-state index in [1.165, 1.54) is 25.3 Å². The summed E-state index contributed by atoms with van der Waals surface area (Å²) in [5, 5.41) is 22.1. The molecule has 0 unspecified atom stereocenters. The molecule has 1 aromatic carbocycles. The molecule has 4 N–H and O–H groups in total. The fraction of sp³-hybridized carbons (Fsp3) is 0.0909. The highest BCUT2D eigenvalue weighted by molar-refractivity contribution is 5.93. The molecule has 0 aliphatic rings. The van der Waals surface area contributed by atoms with Crippen molar-refractivity contribution in [2.24, 2.45) is 0 Å². The highest BCUT2D eigenvalue weighted by Crippen LogP contribution is 2.35. The number of aromatic hydroxyl groups is 1. The minimum atomic E-state index is -1.26. The first kappa shape index (κ1) is 11.8. The first-order valence-corrected chi connectivity index (χ1v) is 4.89. The molecular weight excluding hydrogens is 240 g/mol. The molecule has 0 radical (unpaired) electrons. The summed E-state index contributed by atoms with van der Waals surface area (Å²) in [6.45, 7) is 0. The quantitative estimate of drug-likeness (QED) is 0.751. The van der Waals surface area contributed by atoms with Crippen molar-refractivity contribution in [1.82, 2.24) is 5.16 Å². The molecule has 2 aromatic rings. The Bertz CT molecular complexity index is 605. The number of hydrogen-bond donors (Lipinski definition) is 3. The molecule has 0 bridgehead atoms. The minimum absolute atomic E-state index is 0.0944. The van der Waals surface area contributed by atoms with Crippen LogP contribution in [0, 0.1) is 0 Å². The van der Waals surface area contributed by atoms with E-state index in [4.69, 9.17) is 20.1 Å². The van der Waals surface area contributed by atoms with Crippen LogP contribution in [-0.4, -0.2) is 28.4 Å². The zero-order valence-electron chi connectivity index (χ0n) is 9.38.